The van der Waals surface area contributed by atoms with Crippen LogP contribution in [0.4, 0.5) is 5.69 Å². The molecule has 3 nitrogen and oxygen atoms in total. The predicted molar refractivity (Wildman–Crippen MR) is 74.2 cm³/mol. The minimum Gasteiger partial charge on any atom is -0.495 e. The molecule has 0 saturated carbocycles. The number of para-hydroxylation sites is 1. The molecule has 17 heavy (non-hydrogen) atoms. The van der Waals surface area contributed by atoms with E-state index in [0.717, 1.165) is 30.9 Å². The van der Waals surface area contributed by atoms with Crippen molar-refractivity contribution in [3.8, 4) is 5.75 Å². The number of nitrogens with two attached hydrogens (primary N) is 1. The summed E-state index contributed by atoms with van der Waals surface area (Å²) in [7, 11) is 3.89. The van der Waals surface area contributed by atoms with Gasteiger partial charge in [-0.3, -0.25) is 0 Å². The predicted octanol–water partition coefficient (Wildman–Crippen LogP) is 2.34. The summed E-state index contributed by atoms with van der Waals surface area (Å²) in [5.41, 5.74) is 6.82. The molecule has 2 rings (SSSR count). The molecule has 0 aromatic heterocycles. The summed E-state index contributed by atoms with van der Waals surface area (Å²) in [6.07, 6.45) is 2.23. The third-order valence-electron chi connectivity index (χ3n) is 3.26. The standard InChI is InChI=1S/C13H20N2OS/c1-15-10(5-4-8-14)9-17-12-7-3-6-11(16-2)13(12)15/h3,6-7,10H,4-5,8-9,14H2,1-2H3. The van der Waals surface area contributed by atoms with E-state index in [0.29, 0.717) is 6.04 Å². The highest BCUT2D eigenvalue weighted by Gasteiger charge is 2.26. The van der Waals surface area contributed by atoms with Crippen molar-refractivity contribution in [3.63, 3.8) is 0 Å². The average Bonchev–Trinajstić information content (AvgIpc) is 2.37. The van der Waals surface area contributed by atoms with Crippen LogP contribution in [0.2, 0.25) is 0 Å². The van der Waals surface area contributed by atoms with Crippen molar-refractivity contribution in [1.82, 2.24) is 0 Å². The van der Waals surface area contributed by atoms with Crippen molar-refractivity contribution in [2.24, 2.45) is 5.73 Å². The largest absolute Gasteiger partial charge is 0.495 e. The van der Waals surface area contributed by atoms with Crippen LogP contribution in [0.15, 0.2) is 23.1 Å². The summed E-state index contributed by atoms with van der Waals surface area (Å²) in [6, 6.07) is 6.81. The van der Waals surface area contributed by atoms with E-state index < -0.39 is 0 Å². The maximum atomic E-state index is 5.59. The van der Waals surface area contributed by atoms with Crippen molar-refractivity contribution in [1.29, 1.82) is 0 Å². The van der Waals surface area contributed by atoms with Gasteiger partial charge in [0.1, 0.15) is 5.75 Å². The lowest BCUT2D eigenvalue weighted by atomic mass is 10.1. The molecule has 2 N–H and O–H groups in total. The van der Waals surface area contributed by atoms with E-state index in [1.54, 1.807) is 7.11 Å². The molecule has 94 valence electrons. The van der Waals surface area contributed by atoms with Gasteiger partial charge in [-0.15, -0.1) is 11.8 Å². The van der Waals surface area contributed by atoms with Gasteiger partial charge >= 0.3 is 0 Å². The van der Waals surface area contributed by atoms with Gasteiger partial charge in [-0.05, 0) is 31.5 Å². The normalized spacial score (nSPS) is 19.0. The quantitative estimate of drug-likeness (QED) is 0.892. The van der Waals surface area contributed by atoms with Gasteiger partial charge in [0.05, 0.1) is 12.8 Å². The summed E-state index contributed by atoms with van der Waals surface area (Å²) in [6.45, 7) is 0.772. The Kier molecular flexibility index (Phi) is 4.18. The molecule has 1 aromatic rings. The topological polar surface area (TPSA) is 38.5 Å². The van der Waals surface area contributed by atoms with E-state index in [1.165, 1.54) is 10.6 Å². The van der Waals surface area contributed by atoms with Gasteiger partial charge in [-0.25, -0.2) is 0 Å². The average molecular weight is 252 g/mol. The second kappa shape index (κ2) is 5.65. The minimum atomic E-state index is 0.562. The molecule has 0 saturated heterocycles. The van der Waals surface area contributed by atoms with E-state index in [1.807, 2.05) is 17.8 Å². The second-order valence-electron chi connectivity index (χ2n) is 4.31. The number of fused-ring (bicyclic) bond motifs is 1. The lowest BCUT2D eigenvalue weighted by Gasteiger charge is -2.36. The van der Waals surface area contributed by atoms with Crippen LogP contribution >= 0.6 is 11.8 Å². The summed E-state index contributed by atoms with van der Waals surface area (Å²) < 4.78 is 5.46. The van der Waals surface area contributed by atoms with Gasteiger partial charge in [-0.2, -0.15) is 0 Å². The van der Waals surface area contributed by atoms with Crippen LogP contribution in [0.5, 0.6) is 5.75 Å². The molecule has 4 heteroatoms. The Morgan fingerprint density at radius 1 is 1.53 bits per heavy atom. The second-order valence-corrected chi connectivity index (χ2v) is 5.38. The maximum Gasteiger partial charge on any atom is 0.143 e. The van der Waals surface area contributed by atoms with Gasteiger partial charge in [0.2, 0.25) is 0 Å². The van der Waals surface area contributed by atoms with Crippen LogP contribution in [0, 0.1) is 0 Å². The smallest absolute Gasteiger partial charge is 0.143 e. The molecular weight excluding hydrogens is 232 g/mol. The third-order valence-corrected chi connectivity index (χ3v) is 4.45. The van der Waals surface area contributed by atoms with Crippen LogP contribution in [0.3, 0.4) is 0 Å². The van der Waals surface area contributed by atoms with E-state index >= 15 is 0 Å². The zero-order chi connectivity index (χ0) is 12.3. The third kappa shape index (κ3) is 2.53. The van der Waals surface area contributed by atoms with Crippen molar-refractivity contribution in [3.05, 3.63) is 18.2 Å². The fraction of sp³-hybridized carbons (Fsp3) is 0.538. The molecule has 0 aliphatic carbocycles. The number of thioether (sulfide) groups is 1. The SMILES string of the molecule is COc1cccc2c1N(C)C(CCCN)CS2. The van der Waals surface area contributed by atoms with Crippen LogP contribution in [-0.2, 0) is 0 Å². The first-order valence-corrected chi connectivity index (χ1v) is 6.99. The number of rotatable bonds is 4. The molecule has 1 aliphatic heterocycles. The number of hydrogen-bond donors (Lipinski definition) is 1. The molecule has 0 amide bonds. The molecule has 1 heterocycles. The Balaban J connectivity index is 2.24. The number of hydrogen-bond acceptors (Lipinski definition) is 4. The van der Waals surface area contributed by atoms with Crippen molar-refractivity contribution < 1.29 is 4.74 Å². The summed E-state index contributed by atoms with van der Waals surface area (Å²) >= 11 is 1.92. The molecule has 1 aromatic carbocycles. The summed E-state index contributed by atoms with van der Waals surface area (Å²) in [5.74, 6) is 2.10. The van der Waals surface area contributed by atoms with E-state index in [4.69, 9.17) is 10.5 Å². The van der Waals surface area contributed by atoms with Crippen LogP contribution in [0.25, 0.3) is 0 Å². The number of methoxy groups -OCH3 is 1. The van der Waals surface area contributed by atoms with Crippen molar-refractivity contribution >= 4 is 17.4 Å². The Morgan fingerprint density at radius 2 is 2.35 bits per heavy atom. The number of benzene rings is 1. The van der Waals surface area contributed by atoms with Gasteiger partial charge in [0.25, 0.3) is 0 Å². The Morgan fingerprint density at radius 3 is 3.06 bits per heavy atom. The van der Waals surface area contributed by atoms with E-state index in [2.05, 4.69) is 24.1 Å². The van der Waals surface area contributed by atoms with Crippen LogP contribution in [0.1, 0.15) is 12.8 Å². The number of anilines is 1. The monoisotopic (exact) mass is 252 g/mol. The molecule has 0 radical (unpaired) electrons. The first-order chi connectivity index (χ1) is 8.27. The van der Waals surface area contributed by atoms with Gasteiger partial charge in [0, 0.05) is 23.7 Å². The van der Waals surface area contributed by atoms with E-state index in [-0.39, 0.29) is 0 Å². The highest BCUT2D eigenvalue weighted by Crippen LogP contribution is 2.43. The van der Waals surface area contributed by atoms with Crippen molar-refractivity contribution in [2.75, 3.05) is 31.4 Å². The molecule has 1 unspecified atom stereocenters. The lowest BCUT2D eigenvalue weighted by molar-refractivity contribution is 0.411. The minimum absolute atomic E-state index is 0.562. The fourth-order valence-corrected chi connectivity index (χ4v) is 3.56. The Hall–Kier alpha value is -0.870. The Labute approximate surface area is 107 Å². The number of ether oxygens (including phenoxy) is 1. The van der Waals surface area contributed by atoms with Crippen LogP contribution < -0.4 is 15.4 Å². The van der Waals surface area contributed by atoms with Gasteiger partial charge in [0.15, 0.2) is 0 Å². The van der Waals surface area contributed by atoms with Gasteiger partial charge < -0.3 is 15.4 Å². The first kappa shape index (κ1) is 12.6. The summed E-state index contributed by atoms with van der Waals surface area (Å²) in [5, 5.41) is 0. The van der Waals surface area contributed by atoms with E-state index in [9.17, 15) is 0 Å². The summed E-state index contributed by atoms with van der Waals surface area (Å²) in [4.78, 5) is 3.66. The molecule has 0 fully saturated rings. The zero-order valence-electron chi connectivity index (χ0n) is 10.5. The molecule has 0 bridgehead atoms. The molecule has 1 aliphatic rings. The Bertz CT molecular complexity index is 369. The molecule has 1 atom stereocenters. The molecular formula is C13H20N2OS. The number of nitrogens with zero attached hydrogens (tertiary/aromatic N) is 1. The molecule has 0 spiro atoms. The zero-order valence-corrected chi connectivity index (χ0v) is 11.3. The van der Waals surface area contributed by atoms with Crippen LogP contribution in [-0.4, -0.2) is 32.5 Å². The lowest BCUT2D eigenvalue weighted by Crippen LogP contribution is -2.37. The highest BCUT2D eigenvalue weighted by atomic mass is 32.2. The highest BCUT2D eigenvalue weighted by molar-refractivity contribution is 7.99. The maximum absolute atomic E-state index is 5.59. The van der Waals surface area contributed by atoms with Crippen molar-refractivity contribution in [2.45, 2.75) is 23.8 Å². The van der Waals surface area contributed by atoms with Gasteiger partial charge in [-0.1, -0.05) is 6.07 Å². The fourth-order valence-electron chi connectivity index (χ4n) is 2.24. The first-order valence-electron chi connectivity index (χ1n) is 6.00.